The second-order valence-corrected chi connectivity index (χ2v) is 5.34. The zero-order valence-corrected chi connectivity index (χ0v) is 11.7. The molecule has 0 amide bonds. The highest BCUT2D eigenvalue weighted by Crippen LogP contribution is 2.20. The summed E-state index contributed by atoms with van der Waals surface area (Å²) in [5.41, 5.74) is 2.30. The third kappa shape index (κ3) is 3.63. The smallest absolute Gasteiger partial charge is 0.137 e. The molecule has 0 saturated carbocycles. The van der Waals surface area contributed by atoms with E-state index in [0.29, 0.717) is 11.0 Å². The van der Waals surface area contributed by atoms with Gasteiger partial charge in [0, 0.05) is 6.54 Å². The minimum absolute atomic E-state index is 0.206. The normalized spacial score (nSPS) is 10.7. The highest BCUT2D eigenvalue weighted by Gasteiger charge is 2.04. The number of rotatable bonds is 5. The first kappa shape index (κ1) is 12.7. The Morgan fingerprint density at radius 3 is 2.94 bits per heavy atom. The largest absolute Gasteiger partial charge is 0.312 e. The maximum Gasteiger partial charge on any atom is 0.137 e. The lowest BCUT2D eigenvalue weighted by atomic mass is 10.2. The Kier molecular flexibility index (Phi) is 4.71. The lowest BCUT2D eigenvalue weighted by Crippen LogP contribution is -2.16. The molecule has 1 aromatic carbocycles. The van der Waals surface area contributed by atoms with Crippen molar-refractivity contribution in [2.75, 3.05) is 6.54 Å². The van der Waals surface area contributed by atoms with Crippen LogP contribution in [0.15, 0.2) is 39.5 Å². The maximum atomic E-state index is 13.2. The van der Waals surface area contributed by atoms with E-state index in [1.165, 1.54) is 11.6 Å². The molecule has 0 radical (unpaired) electrons. The molecule has 1 N–H and O–H groups in total. The molecule has 2 rings (SSSR count). The maximum absolute atomic E-state index is 13.2. The molecule has 0 aliphatic heterocycles. The molecule has 1 nitrogen and oxygen atoms in total. The van der Waals surface area contributed by atoms with Crippen molar-refractivity contribution in [1.29, 1.82) is 0 Å². The average Bonchev–Trinajstić information content (AvgIpc) is 2.83. The summed E-state index contributed by atoms with van der Waals surface area (Å²) in [5, 5.41) is 7.55. The van der Waals surface area contributed by atoms with E-state index in [9.17, 15) is 4.39 Å². The van der Waals surface area contributed by atoms with Gasteiger partial charge in [0.2, 0.25) is 0 Å². The van der Waals surface area contributed by atoms with Crippen LogP contribution in [0.1, 0.15) is 11.1 Å². The summed E-state index contributed by atoms with van der Waals surface area (Å²) in [5.74, 6) is -0.206. The topological polar surface area (TPSA) is 12.0 Å². The molecule has 90 valence electrons. The molecule has 0 unspecified atom stereocenters. The van der Waals surface area contributed by atoms with Gasteiger partial charge < -0.3 is 5.32 Å². The number of thiophene rings is 1. The van der Waals surface area contributed by atoms with Crippen LogP contribution in [-0.4, -0.2) is 6.54 Å². The first-order valence-corrected chi connectivity index (χ1v) is 7.15. The van der Waals surface area contributed by atoms with E-state index >= 15 is 0 Å². The van der Waals surface area contributed by atoms with Crippen LogP contribution in [0.3, 0.4) is 0 Å². The van der Waals surface area contributed by atoms with E-state index in [4.69, 9.17) is 0 Å². The first-order chi connectivity index (χ1) is 8.27. The SMILES string of the molecule is Fc1cccc(CNCCc2ccsc2)c1Br. The van der Waals surface area contributed by atoms with Crippen molar-refractivity contribution >= 4 is 27.3 Å². The fourth-order valence-corrected chi connectivity index (χ4v) is 2.68. The molecule has 0 bridgehead atoms. The van der Waals surface area contributed by atoms with Crippen molar-refractivity contribution < 1.29 is 4.39 Å². The van der Waals surface area contributed by atoms with Crippen molar-refractivity contribution in [3.63, 3.8) is 0 Å². The summed E-state index contributed by atoms with van der Waals surface area (Å²) in [4.78, 5) is 0. The van der Waals surface area contributed by atoms with Crippen molar-refractivity contribution in [2.24, 2.45) is 0 Å². The third-order valence-corrected chi connectivity index (χ3v) is 4.14. The molecule has 4 heteroatoms. The predicted molar refractivity (Wildman–Crippen MR) is 73.8 cm³/mol. The predicted octanol–water partition coefficient (Wildman–Crippen LogP) is 3.98. The van der Waals surface area contributed by atoms with Gasteiger partial charge in [-0.1, -0.05) is 12.1 Å². The summed E-state index contributed by atoms with van der Waals surface area (Å²) in [6.07, 6.45) is 1.01. The van der Waals surface area contributed by atoms with Crippen molar-refractivity contribution in [3.8, 4) is 0 Å². The fraction of sp³-hybridized carbons (Fsp3) is 0.231. The lowest BCUT2D eigenvalue weighted by Gasteiger charge is -2.06. The second kappa shape index (κ2) is 6.28. The summed E-state index contributed by atoms with van der Waals surface area (Å²) in [6, 6.07) is 7.24. The average molecular weight is 314 g/mol. The molecule has 17 heavy (non-hydrogen) atoms. The van der Waals surface area contributed by atoms with Gasteiger partial charge in [0.05, 0.1) is 4.47 Å². The van der Waals surface area contributed by atoms with E-state index in [1.54, 1.807) is 17.4 Å². The Bertz CT molecular complexity index is 470. The van der Waals surface area contributed by atoms with Crippen molar-refractivity contribution in [3.05, 3.63) is 56.4 Å². The van der Waals surface area contributed by atoms with Crippen LogP contribution in [-0.2, 0) is 13.0 Å². The van der Waals surface area contributed by atoms with E-state index in [0.717, 1.165) is 18.5 Å². The zero-order valence-electron chi connectivity index (χ0n) is 9.25. The highest BCUT2D eigenvalue weighted by molar-refractivity contribution is 9.10. The van der Waals surface area contributed by atoms with Crippen molar-refractivity contribution in [2.45, 2.75) is 13.0 Å². The number of benzene rings is 1. The van der Waals surface area contributed by atoms with Crippen LogP contribution >= 0.6 is 27.3 Å². The molecule has 0 atom stereocenters. The highest BCUT2D eigenvalue weighted by atomic mass is 79.9. The molecule has 0 fully saturated rings. The monoisotopic (exact) mass is 313 g/mol. The number of hydrogen-bond donors (Lipinski definition) is 1. The van der Waals surface area contributed by atoms with Gasteiger partial charge in [-0.2, -0.15) is 11.3 Å². The minimum atomic E-state index is -0.206. The Morgan fingerprint density at radius 2 is 2.18 bits per heavy atom. The molecule has 1 aromatic heterocycles. The minimum Gasteiger partial charge on any atom is -0.312 e. The van der Waals surface area contributed by atoms with Crippen LogP contribution in [0.2, 0.25) is 0 Å². The van der Waals surface area contributed by atoms with Gasteiger partial charge in [0.25, 0.3) is 0 Å². The van der Waals surface area contributed by atoms with Gasteiger partial charge in [0.15, 0.2) is 0 Å². The van der Waals surface area contributed by atoms with Gasteiger partial charge in [-0.15, -0.1) is 0 Å². The van der Waals surface area contributed by atoms with Gasteiger partial charge in [-0.3, -0.25) is 0 Å². The number of halogens is 2. The summed E-state index contributed by atoms with van der Waals surface area (Å²) in [7, 11) is 0. The Labute approximate surface area is 113 Å². The summed E-state index contributed by atoms with van der Waals surface area (Å²) >= 11 is 4.97. The fourth-order valence-electron chi connectivity index (χ4n) is 1.58. The molecule has 0 saturated heterocycles. The number of nitrogens with one attached hydrogen (secondary N) is 1. The third-order valence-electron chi connectivity index (χ3n) is 2.52. The Morgan fingerprint density at radius 1 is 1.29 bits per heavy atom. The summed E-state index contributed by atoms with van der Waals surface area (Å²) < 4.78 is 13.8. The van der Waals surface area contributed by atoms with Gasteiger partial charge >= 0.3 is 0 Å². The second-order valence-electron chi connectivity index (χ2n) is 3.77. The van der Waals surface area contributed by atoms with Crippen LogP contribution in [0.5, 0.6) is 0 Å². The Hall–Kier alpha value is -0.710. The first-order valence-electron chi connectivity index (χ1n) is 5.42. The van der Waals surface area contributed by atoms with Gasteiger partial charge in [-0.05, 0) is 62.9 Å². The van der Waals surface area contributed by atoms with Crippen LogP contribution < -0.4 is 5.32 Å². The van der Waals surface area contributed by atoms with E-state index < -0.39 is 0 Å². The zero-order chi connectivity index (χ0) is 12.1. The number of hydrogen-bond acceptors (Lipinski definition) is 2. The molecular formula is C13H13BrFNS. The van der Waals surface area contributed by atoms with Crippen LogP contribution in [0.4, 0.5) is 4.39 Å². The lowest BCUT2D eigenvalue weighted by molar-refractivity contribution is 0.612. The molecule has 0 aliphatic rings. The molecule has 0 aliphatic carbocycles. The van der Waals surface area contributed by atoms with Gasteiger partial charge in [-0.25, -0.2) is 4.39 Å². The van der Waals surface area contributed by atoms with Crippen molar-refractivity contribution in [1.82, 2.24) is 5.32 Å². The van der Waals surface area contributed by atoms with Crippen LogP contribution in [0, 0.1) is 5.82 Å². The van der Waals surface area contributed by atoms with Crippen LogP contribution in [0.25, 0.3) is 0 Å². The molecule has 2 aromatic rings. The van der Waals surface area contributed by atoms with E-state index in [-0.39, 0.29) is 5.82 Å². The Balaban J connectivity index is 1.80. The van der Waals surface area contributed by atoms with E-state index in [2.05, 4.69) is 38.1 Å². The standard InChI is InChI=1S/C13H13BrFNS/c14-13-11(2-1-3-12(13)15)8-16-6-4-10-5-7-17-9-10/h1-3,5,7,9,16H,4,6,8H2. The molecular weight excluding hydrogens is 301 g/mol. The summed E-state index contributed by atoms with van der Waals surface area (Å²) in [6.45, 7) is 1.59. The quantitative estimate of drug-likeness (QED) is 0.823. The van der Waals surface area contributed by atoms with Gasteiger partial charge in [0.1, 0.15) is 5.82 Å². The van der Waals surface area contributed by atoms with E-state index in [1.807, 2.05) is 6.07 Å². The molecule has 1 heterocycles. The molecule has 0 spiro atoms.